The number of nitrogens with two attached hydrogens (primary N) is 1. The number of phenols is 1. The molecule has 0 aliphatic carbocycles. The van der Waals surface area contributed by atoms with E-state index in [1.807, 2.05) is 18.3 Å². The number of benzene rings is 1. The van der Waals surface area contributed by atoms with Gasteiger partial charge in [-0.1, -0.05) is 37.6 Å². The van der Waals surface area contributed by atoms with Gasteiger partial charge >= 0.3 is 0 Å². The molecule has 1 aromatic heterocycles. The van der Waals surface area contributed by atoms with Crippen LogP contribution in [0.1, 0.15) is 56.5 Å². The maximum atomic E-state index is 13.3. The van der Waals surface area contributed by atoms with E-state index < -0.39 is 6.04 Å². The lowest BCUT2D eigenvalue weighted by Crippen LogP contribution is -2.36. The summed E-state index contributed by atoms with van der Waals surface area (Å²) in [7, 11) is 0. The summed E-state index contributed by atoms with van der Waals surface area (Å²) >= 11 is 0. The number of aromatic nitrogens is 3. The van der Waals surface area contributed by atoms with Gasteiger partial charge in [-0.05, 0) is 49.5 Å². The molecule has 4 N–H and O–H groups in total. The molecule has 0 bridgehead atoms. The van der Waals surface area contributed by atoms with Crippen LogP contribution in [-0.4, -0.2) is 39.0 Å². The fourth-order valence-electron chi connectivity index (χ4n) is 3.70. The first-order valence-electron chi connectivity index (χ1n) is 10.2. The largest absolute Gasteiger partial charge is 0.508 e. The molecule has 1 fully saturated rings. The summed E-state index contributed by atoms with van der Waals surface area (Å²) in [6.07, 6.45) is 5.00. The normalized spacial score (nSPS) is 18.5. The predicted octanol–water partition coefficient (Wildman–Crippen LogP) is 2.38. The van der Waals surface area contributed by atoms with Crippen LogP contribution in [0.5, 0.6) is 5.75 Å². The molecular formula is C21H31N5O2. The SMILES string of the molecule is CC[C@H](C)[C@H](N)c1cn(C(Cc2ccc(O)cc2)C(=O)C2CCNCC2)nn1. The van der Waals surface area contributed by atoms with Gasteiger partial charge in [-0.25, -0.2) is 4.68 Å². The van der Waals surface area contributed by atoms with Crippen LogP contribution < -0.4 is 11.1 Å². The molecule has 7 nitrogen and oxygen atoms in total. The minimum atomic E-state index is -0.418. The average molecular weight is 386 g/mol. The molecule has 1 aliphatic heterocycles. The zero-order chi connectivity index (χ0) is 20.1. The topological polar surface area (TPSA) is 106 Å². The van der Waals surface area contributed by atoms with E-state index in [-0.39, 0.29) is 23.5 Å². The molecule has 2 heterocycles. The van der Waals surface area contributed by atoms with Crippen LogP contribution in [0.4, 0.5) is 0 Å². The maximum Gasteiger partial charge on any atom is 0.160 e. The van der Waals surface area contributed by atoms with Crippen molar-refractivity contribution in [2.75, 3.05) is 13.1 Å². The van der Waals surface area contributed by atoms with Crippen molar-refractivity contribution in [1.82, 2.24) is 20.3 Å². The number of carbonyl (C=O) groups is 1. The van der Waals surface area contributed by atoms with Crippen LogP contribution in [0.2, 0.25) is 0 Å². The van der Waals surface area contributed by atoms with Crippen molar-refractivity contribution in [1.29, 1.82) is 0 Å². The molecule has 1 aromatic carbocycles. The fraction of sp³-hybridized carbons (Fsp3) is 0.571. The summed E-state index contributed by atoms with van der Waals surface area (Å²) in [6, 6.07) is 6.38. The third-order valence-electron chi connectivity index (χ3n) is 5.88. The zero-order valence-corrected chi connectivity index (χ0v) is 16.7. The van der Waals surface area contributed by atoms with Crippen molar-refractivity contribution in [3.05, 3.63) is 41.7 Å². The van der Waals surface area contributed by atoms with Crippen molar-refractivity contribution in [3.8, 4) is 5.75 Å². The first kappa shape index (κ1) is 20.5. The second kappa shape index (κ2) is 9.30. The van der Waals surface area contributed by atoms with Crippen LogP contribution in [0.3, 0.4) is 0 Å². The summed E-state index contributed by atoms with van der Waals surface area (Å²) in [5.41, 5.74) is 8.02. The highest BCUT2D eigenvalue weighted by atomic mass is 16.3. The van der Waals surface area contributed by atoms with Crippen LogP contribution >= 0.6 is 0 Å². The van der Waals surface area contributed by atoms with Gasteiger partial charge in [-0.15, -0.1) is 5.10 Å². The quantitative estimate of drug-likeness (QED) is 0.644. The van der Waals surface area contributed by atoms with Gasteiger partial charge in [0.2, 0.25) is 0 Å². The number of nitrogens with zero attached hydrogens (tertiary/aromatic N) is 3. The Kier molecular flexibility index (Phi) is 6.80. The number of aromatic hydroxyl groups is 1. The summed E-state index contributed by atoms with van der Waals surface area (Å²) < 4.78 is 1.69. The minimum Gasteiger partial charge on any atom is -0.508 e. The van der Waals surface area contributed by atoms with E-state index >= 15 is 0 Å². The van der Waals surface area contributed by atoms with Crippen molar-refractivity contribution < 1.29 is 9.90 Å². The molecule has 1 saturated heterocycles. The number of carbonyl (C=O) groups excluding carboxylic acids is 1. The molecule has 2 aromatic rings. The van der Waals surface area contributed by atoms with Gasteiger partial charge in [0.15, 0.2) is 5.78 Å². The zero-order valence-electron chi connectivity index (χ0n) is 16.7. The lowest BCUT2D eigenvalue weighted by molar-refractivity contribution is -0.127. The molecule has 0 amide bonds. The number of hydrogen-bond donors (Lipinski definition) is 3. The highest BCUT2D eigenvalue weighted by molar-refractivity contribution is 5.85. The Bertz CT molecular complexity index is 767. The van der Waals surface area contributed by atoms with E-state index in [2.05, 4.69) is 29.5 Å². The highest BCUT2D eigenvalue weighted by Gasteiger charge is 2.31. The second-order valence-electron chi connectivity index (χ2n) is 7.85. The molecule has 7 heteroatoms. The van der Waals surface area contributed by atoms with E-state index in [1.165, 1.54) is 0 Å². The molecule has 0 spiro atoms. The first-order valence-corrected chi connectivity index (χ1v) is 10.2. The van der Waals surface area contributed by atoms with Crippen LogP contribution in [0, 0.1) is 11.8 Å². The van der Waals surface area contributed by atoms with Gasteiger partial charge in [-0.3, -0.25) is 4.79 Å². The lowest BCUT2D eigenvalue weighted by Gasteiger charge is -2.26. The van der Waals surface area contributed by atoms with Crippen molar-refractivity contribution in [2.24, 2.45) is 17.6 Å². The lowest BCUT2D eigenvalue weighted by atomic mass is 9.87. The average Bonchev–Trinajstić information content (AvgIpc) is 3.22. The number of rotatable bonds is 8. The fourth-order valence-corrected chi connectivity index (χ4v) is 3.70. The molecule has 3 atom stereocenters. The first-order chi connectivity index (χ1) is 13.5. The standard InChI is InChI=1S/C21H31N5O2/c1-3-14(2)20(22)18-13-26(25-24-18)19(12-15-4-6-17(27)7-5-15)21(28)16-8-10-23-11-9-16/h4-7,13-14,16,19-20,23,27H,3,8-12,22H2,1-2H3/t14-,19?,20-/m0/s1. The van der Waals surface area contributed by atoms with E-state index in [0.29, 0.717) is 12.3 Å². The number of nitrogens with one attached hydrogen (secondary N) is 1. The Morgan fingerprint density at radius 2 is 2.00 bits per heavy atom. The monoisotopic (exact) mass is 385 g/mol. The number of Topliss-reactive ketones (excluding diaryl/α,β-unsaturated/α-hetero) is 1. The smallest absolute Gasteiger partial charge is 0.160 e. The van der Waals surface area contributed by atoms with Crippen LogP contribution in [0.15, 0.2) is 30.5 Å². The van der Waals surface area contributed by atoms with Crippen molar-refractivity contribution >= 4 is 5.78 Å². The Morgan fingerprint density at radius 1 is 1.32 bits per heavy atom. The minimum absolute atomic E-state index is 0.0271. The molecular weight excluding hydrogens is 354 g/mol. The molecule has 0 saturated carbocycles. The van der Waals surface area contributed by atoms with Crippen molar-refractivity contribution in [3.63, 3.8) is 0 Å². The molecule has 3 rings (SSSR count). The van der Waals surface area contributed by atoms with Gasteiger partial charge in [0, 0.05) is 12.3 Å². The third-order valence-corrected chi connectivity index (χ3v) is 5.88. The van der Waals surface area contributed by atoms with E-state index in [4.69, 9.17) is 5.73 Å². The molecule has 0 radical (unpaired) electrons. The number of ketones is 1. The van der Waals surface area contributed by atoms with Crippen LogP contribution in [0.25, 0.3) is 0 Å². The molecule has 1 unspecified atom stereocenters. The Hall–Kier alpha value is -2.25. The maximum absolute atomic E-state index is 13.3. The number of hydrogen-bond acceptors (Lipinski definition) is 6. The van der Waals surface area contributed by atoms with Gasteiger partial charge < -0.3 is 16.2 Å². The Morgan fingerprint density at radius 3 is 2.64 bits per heavy atom. The summed E-state index contributed by atoms with van der Waals surface area (Å²) in [5.74, 6) is 0.732. The van der Waals surface area contributed by atoms with Gasteiger partial charge in [-0.2, -0.15) is 0 Å². The van der Waals surface area contributed by atoms with Gasteiger partial charge in [0.25, 0.3) is 0 Å². The third kappa shape index (κ3) is 4.77. The number of phenolic OH excluding ortho intramolecular Hbond substituents is 1. The summed E-state index contributed by atoms with van der Waals surface area (Å²) in [6.45, 7) is 5.93. The Balaban J connectivity index is 1.86. The predicted molar refractivity (Wildman–Crippen MR) is 108 cm³/mol. The molecule has 28 heavy (non-hydrogen) atoms. The summed E-state index contributed by atoms with van der Waals surface area (Å²) in [5, 5.41) is 21.4. The van der Waals surface area contributed by atoms with Crippen LogP contribution in [-0.2, 0) is 11.2 Å². The van der Waals surface area contributed by atoms with Gasteiger partial charge in [0.1, 0.15) is 11.8 Å². The van der Waals surface area contributed by atoms with E-state index in [1.54, 1.807) is 16.8 Å². The van der Waals surface area contributed by atoms with Crippen molar-refractivity contribution in [2.45, 2.75) is 51.6 Å². The molecule has 1 aliphatic rings. The van der Waals surface area contributed by atoms with E-state index in [0.717, 1.165) is 43.6 Å². The highest BCUT2D eigenvalue weighted by Crippen LogP contribution is 2.26. The Labute approximate surface area is 166 Å². The number of piperidine rings is 1. The van der Waals surface area contributed by atoms with E-state index in [9.17, 15) is 9.90 Å². The van der Waals surface area contributed by atoms with Gasteiger partial charge in [0.05, 0.1) is 17.9 Å². The molecule has 152 valence electrons. The summed E-state index contributed by atoms with van der Waals surface area (Å²) in [4.78, 5) is 13.3. The second-order valence-corrected chi connectivity index (χ2v) is 7.85.